The van der Waals surface area contributed by atoms with Gasteiger partial charge in [-0.3, -0.25) is 4.79 Å². The number of fused-ring (bicyclic) bond motifs is 1. The van der Waals surface area contributed by atoms with Gasteiger partial charge in [0.15, 0.2) is 5.78 Å². The first-order chi connectivity index (χ1) is 13.7. The van der Waals surface area contributed by atoms with E-state index in [4.69, 9.17) is 0 Å². The quantitative estimate of drug-likeness (QED) is 0.564. The fourth-order valence-electron chi connectivity index (χ4n) is 4.28. The topological polar surface area (TPSA) is 41.1 Å². The van der Waals surface area contributed by atoms with E-state index in [2.05, 4.69) is 66.1 Å². The molecule has 2 aliphatic rings. The van der Waals surface area contributed by atoms with Gasteiger partial charge in [0.25, 0.3) is 0 Å². The van der Waals surface area contributed by atoms with Crippen molar-refractivity contribution in [2.45, 2.75) is 31.7 Å². The fourth-order valence-corrected chi connectivity index (χ4v) is 5.21. The van der Waals surface area contributed by atoms with E-state index in [0.29, 0.717) is 6.42 Å². The van der Waals surface area contributed by atoms with E-state index in [9.17, 15) is 4.79 Å². The van der Waals surface area contributed by atoms with Crippen LogP contribution in [0.3, 0.4) is 0 Å². The molecule has 3 nitrogen and oxygen atoms in total. The van der Waals surface area contributed by atoms with Gasteiger partial charge in [0, 0.05) is 27.4 Å². The summed E-state index contributed by atoms with van der Waals surface area (Å²) in [6, 6.07) is 22.8. The van der Waals surface area contributed by atoms with Crippen LogP contribution in [0.15, 0.2) is 78.0 Å². The van der Waals surface area contributed by atoms with Crippen LogP contribution >= 0.6 is 11.3 Å². The zero-order valence-electron chi connectivity index (χ0n) is 15.7. The third-order valence-corrected chi connectivity index (χ3v) is 6.69. The predicted octanol–water partition coefficient (Wildman–Crippen LogP) is 6.04. The normalized spacial score (nSPS) is 21.2. The van der Waals surface area contributed by atoms with Crippen molar-refractivity contribution in [3.05, 3.63) is 93.3 Å². The molecule has 5 rings (SSSR count). The number of Topliss-reactive ketones (excluding diaryl/α,β-unsaturated/α-hetero) is 1. The molecule has 0 amide bonds. The molecule has 1 aliphatic heterocycles. The lowest BCUT2D eigenvalue weighted by atomic mass is 9.79. The summed E-state index contributed by atoms with van der Waals surface area (Å²) in [4.78, 5) is 15.8. The lowest BCUT2D eigenvalue weighted by Crippen LogP contribution is -2.26. The number of para-hydroxylation sites is 2. The second-order valence-electron chi connectivity index (χ2n) is 7.53. The molecule has 28 heavy (non-hydrogen) atoms. The van der Waals surface area contributed by atoms with Crippen LogP contribution in [-0.2, 0) is 4.79 Å². The summed E-state index contributed by atoms with van der Waals surface area (Å²) in [6.45, 7) is 2.11. The standard InChI is InChI=1S/C24H22N2OS/c1-15-11-12-22(28-15)24-23-20(25-18-9-5-6-10-19(18)26-24)13-17(14-21(23)27)16-7-3-2-4-8-16/h2-12,17,24-26H,13-14H2,1H3/t17-,24-/m0/s1. The molecule has 2 heterocycles. The lowest BCUT2D eigenvalue weighted by molar-refractivity contribution is -0.116. The lowest BCUT2D eigenvalue weighted by Gasteiger charge is -2.29. The molecule has 3 aromatic rings. The van der Waals surface area contributed by atoms with Gasteiger partial charge in [0.1, 0.15) is 0 Å². The molecule has 2 N–H and O–H groups in total. The van der Waals surface area contributed by atoms with Gasteiger partial charge in [-0.25, -0.2) is 0 Å². The number of carbonyl (C=O) groups is 1. The van der Waals surface area contributed by atoms with Crippen LogP contribution in [0, 0.1) is 6.92 Å². The fraction of sp³-hybridized carbons (Fsp3) is 0.208. The third kappa shape index (κ3) is 3.04. The van der Waals surface area contributed by atoms with Crippen LogP contribution in [0.1, 0.15) is 40.1 Å². The highest BCUT2D eigenvalue weighted by Crippen LogP contribution is 2.45. The number of hydrogen-bond acceptors (Lipinski definition) is 4. The van der Waals surface area contributed by atoms with Crippen molar-refractivity contribution in [2.24, 2.45) is 0 Å². The number of anilines is 2. The van der Waals surface area contributed by atoms with Gasteiger partial charge < -0.3 is 10.6 Å². The second kappa shape index (κ2) is 6.95. The van der Waals surface area contributed by atoms with Crippen LogP contribution in [0.4, 0.5) is 11.4 Å². The molecule has 0 radical (unpaired) electrons. The SMILES string of the molecule is Cc1ccc([C@@H]2Nc3ccccc3NC3=C2C(=O)C[C@@H](c2ccccc2)C3)s1. The summed E-state index contributed by atoms with van der Waals surface area (Å²) in [6.07, 6.45) is 1.41. The highest BCUT2D eigenvalue weighted by Gasteiger charge is 2.36. The van der Waals surface area contributed by atoms with Crippen molar-refractivity contribution in [1.29, 1.82) is 0 Å². The van der Waals surface area contributed by atoms with Gasteiger partial charge in [0.2, 0.25) is 0 Å². The highest BCUT2D eigenvalue weighted by molar-refractivity contribution is 7.12. The van der Waals surface area contributed by atoms with Crippen LogP contribution in [0.2, 0.25) is 0 Å². The summed E-state index contributed by atoms with van der Waals surface area (Å²) >= 11 is 1.76. The Morgan fingerprint density at radius 1 is 0.893 bits per heavy atom. The number of rotatable bonds is 2. The predicted molar refractivity (Wildman–Crippen MR) is 116 cm³/mol. The number of nitrogens with one attached hydrogen (secondary N) is 2. The Kier molecular flexibility index (Phi) is 4.29. The molecule has 2 atom stereocenters. The van der Waals surface area contributed by atoms with Gasteiger partial charge in [0.05, 0.1) is 17.4 Å². The minimum Gasteiger partial charge on any atom is -0.372 e. The first-order valence-electron chi connectivity index (χ1n) is 9.69. The maximum atomic E-state index is 13.4. The molecule has 140 valence electrons. The van der Waals surface area contributed by atoms with Crippen LogP contribution < -0.4 is 10.6 Å². The number of ketones is 1. The van der Waals surface area contributed by atoms with Crippen LogP contribution in [-0.4, -0.2) is 5.78 Å². The average molecular weight is 387 g/mol. The Morgan fingerprint density at radius 3 is 2.39 bits per heavy atom. The Balaban J connectivity index is 1.61. The molecule has 0 spiro atoms. The van der Waals surface area contributed by atoms with Crippen molar-refractivity contribution in [2.75, 3.05) is 10.6 Å². The number of carbonyl (C=O) groups excluding carboxylic acids is 1. The first-order valence-corrected chi connectivity index (χ1v) is 10.5. The second-order valence-corrected chi connectivity index (χ2v) is 8.85. The molecule has 2 aromatic carbocycles. The largest absolute Gasteiger partial charge is 0.372 e. The van der Waals surface area contributed by atoms with Crippen molar-refractivity contribution in [1.82, 2.24) is 0 Å². The summed E-state index contributed by atoms with van der Waals surface area (Å²) < 4.78 is 0. The first kappa shape index (κ1) is 17.3. The average Bonchev–Trinajstić information content (AvgIpc) is 3.06. The summed E-state index contributed by atoms with van der Waals surface area (Å²) in [5.74, 6) is 0.454. The molecule has 4 heteroatoms. The number of hydrogen-bond donors (Lipinski definition) is 2. The minimum atomic E-state index is -0.103. The van der Waals surface area contributed by atoms with Gasteiger partial charge in [-0.1, -0.05) is 42.5 Å². The molecule has 0 fully saturated rings. The van der Waals surface area contributed by atoms with Crippen LogP contribution in [0.25, 0.3) is 0 Å². The van der Waals surface area contributed by atoms with E-state index in [1.807, 2.05) is 18.2 Å². The van der Waals surface area contributed by atoms with Gasteiger partial charge in [-0.05, 0) is 49.1 Å². The van der Waals surface area contributed by atoms with E-state index < -0.39 is 0 Å². The number of benzene rings is 2. The van der Waals surface area contributed by atoms with Crippen molar-refractivity contribution in [3.8, 4) is 0 Å². The van der Waals surface area contributed by atoms with Crippen molar-refractivity contribution in [3.63, 3.8) is 0 Å². The molecule has 1 aliphatic carbocycles. The van der Waals surface area contributed by atoms with Gasteiger partial charge >= 0.3 is 0 Å². The summed E-state index contributed by atoms with van der Waals surface area (Å²) in [5.41, 5.74) is 5.26. The molecule has 1 aromatic heterocycles. The van der Waals surface area contributed by atoms with Crippen LogP contribution in [0.5, 0.6) is 0 Å². The monoisotopic (exact) mass is 386 g/mol. The van der Waals surface area contributed by atoms with E-state index >= 15 is 0 Å². The summed E-state index contributed by atoms with van der Waals surface area (Å²) in [7, 11) is 0. The maximum Gasteiger partial charge on any atom is 0.163 e. The van der Waals surface area contributed by atoms with Crippen molar-refractivity contribution < 1.29 is 4.79 Å². The summed E-state index contributed by atoms with van der Waals surface area (Å²) in [5, 5.41) is 7.24. The zero-order chi connectivity index (χ0) is 19.1. The maximum absolute atomic E-state index is 13.4. The Bertz CT molecular complexity index is 1070. The molecule has 0 bridgehead atoms. The number of thiophene rings is 1. The molecule has 0 saturated heterocycles. The van der Waals surface area contributed by atoms with Gasteiger partial charge in [-0.15, -0.1) is 11.3 Å². The van der Waals surface area contributed by atoms with Crippen molar-refractivity contribution >= 4 is 28.5 Å². The van der Waals surface area contributed by atoms with E-state index in [1.54, 1.807) is 11.3 Å². The smallest absolute Gasteiger partial charge is 0.163 e. The Hall–Kier alpha value is -2.85. The molecule has 0 unspecified atom stereocenters. The van der Waals surface area contributed by atoms with E-state index in [0.717, 1.165) is 29.1 Å². The number of aryl methyl sites for hydroxylation is 1. The molecular weight excluding hydrogens is 364 g/mol. The molecule has 0 saturated carbocycles. The van der Waals surface area contributed by atoms with E-state index in [-0.39, 0.29) is 17.7 Å². The Labute approximate surface area is 169 Å². The highest BCUT2D eigenvalue weighted by atomic mass is 32.1. The third-order valence-electron chi connectivity index (χ3n) is 5.63. The molecular formula is C24H22N2OS. The van der Waals surface area contributed by atoms with Gasteiger partial charge in [-0.2, -0.15) is 0 Å². The zero-order valence-corrected chi connectivity index (χ0v) is 16.6. The van der Waals surface area contributed by atoms with E-state index in [1.165, 1.54) is 15.3 Å². The minimum absolute atomic E-state index is 0.103. The number of allylic oxidation sites excluding steroid dienone is 1. The Morgan fingerprint density at radius 2 is 1.64 bits per heavy atom.